The first-order valence-corrected chi connectivity index (χ1v) is 8.86. The van der Waals surface area contributed by atoms with Gasteiger partial charge < -0.3 is 4.74 Å². The monoisotopic (exact) mass is 356 g/mol. The summed E-state index contributed by atoms with van der Waals surface area (Å²) in [5.74, 6) is 1.62. The van der Waals surface area contributed by atoms with E-state index in [2.05, 4.69) is 24.3 Å². The van der Waals surface area contributed by atoms with Crippen LogP contribution in [0.4, 0.5) is 0 Å². The van der Waals surface area contributed by atoms with Gasteiger partial charge in [0.15, 0.2) is 0 Å². The third-order valence-electron chi connectivity index (χ3n) is 4.20. The van der Waals surface area contributed by atoms with E-state index < -0.39 is 0 Å². The molecule has 1 nitrogen and oxygen atoms in total. The normalized spacial score (nSPS) is 10.5. The van der Waals surface area contributed by atoms with Crippen molar-refractivity contribution in [2.75, 3.05) is 0 Å². The maximum atomic E-state index is 6.55. The first-order chi connectivity index (χ1) is 12.8. The fraction of sp³-hybridized carbons (Fsp3) is 0. The minimum absolute atomic E-state index is 0.739. The van der Waals surface area contributed by atoms with Crippen LogP contribution >= 0.6 is 11.6 Å². The van der Waals surface area contributed by atoms with Crippen LogP contribution in [0.15, 0.2) is 103 Å². The van der Waals surface area contributed by atoms with Crippen LogP contribution in [0.1, 0.15) is 0 Å². The summed E-state index contributed by atoms with van der Waals surface area (Å²) in [5, 5.41) is 0.739. The van der Waals surface area contributed by atoms with E-state index in [1.807, 2.05) is 78.9 Å². The van der Waals surface area contributed by atoms with Crippen molar-refractivity contribution >= 4 is 11.6 Å². The van der Waals surface area contributed by atoms with Gasteiger partial charge >= 0.3 is 0 Å². The van der Waals surface area contributed by atoms with Crippen LogP contribution in [0.2, 0.25) is 5.02 Å². The van der Waals surface area contributed by atoms with E-state index in [0.29, 0.717) is 0 Å². The first kappa shape index (κ1) is 16.4. The second-order valence-electron chi connectivity index (χ2n) is 5.97. The number of rotatable bonds is 4. The molecule has 0 fully saturated rings. The van der Waals surface area contributed by atoms with Gasteiger partial charge in [0, 0.05) is 10.6 Å². The van der Waals surface area contributed by atoms with E-state index in [1.54, 1.807) is 0 Å². The molecule has 0 amide bonds. The molecule has 0 saturated heterocycles. The highest BCUT2D eigenvalue weighted by Gasteiger charge is 2.12. The summed E-state index contributed by atoms with van der Waals surface area (Å²) in [4.78, 5) is 0. The molecule has 0 unspecified atom stereocenters. The van der Waals surface area contributed by atoms with Gasteiger partial charge in [-0.1, -0.05) is 84.4 Å². The molecule has 4 aromatic carbocycles. The standard InChI is InChI=1S/C24H17ClO/c25-23-16-8-15-22(24(23)18-9-3-1-4-10-18)19-11-7-14-21(17-19)26-20-12-5-2-6-13-20/h1-17H. The molecule has 126 valence electrons. The summed E-state index contributed by atoms with van der Waals surface area (Å²) >= 11 is 6.55. The van der Waals surface area contributed by atoms with E-state index in [1.165, 1.54) is 0 Å². The minimum Gasteiger partial charge on any atom is -0.457 e. The Morgan fingerprint density at radius 1 is 0.538 bits per heavy atom. The number of halogens is 1. The molecule has 0 aliphatic heterocycles. The smallest absolute Gasteiger partial charge is 0.128 e. The Morgan fingerprint density at radius 3 is 1.92 bits per heavy atom. The van der Waals surface area contributed by atoms with Gasteiger partial charge in [-0.25, -0.2) is 0 Å². The molecule has 0 spiro atoms. The van der Waals surface area contributed by atoms with Gasteiger partial charge in [0.2, 0.25) is 0 Å². The second-order valence-corrected chi connectivity index (χ2v) is 6.38. The molecule has 0 aliphatic rings. The number of benzene rings is 4. The Balaban J connectivity index is 1.77. The van der Waals surface area contributed by atoms with Gasteiger partial charge in [0.25, 0.3) is 0 Å². The molecule has 0 saturated carbocycles. The van der Waals surface area contributed by atoms with Crippen molar-refractivity contribution in [1.29, 1.82) is 0 Å². The van der Waals surface area contributed by atoms with E-state index in [4.69, 9.17) is 16.3 Å². The highest BCUT2D eigenvalue weighted by molar-refractivity contribution is 6.34. The molecule has 26 heavy (non-hydrogen) atoms. The second kappa shape index (κ2) is 7.47. The van der Waals surface area contributed by atoms with Crippen LogP contribution in [0.5, 0.6) is 11.5 Å². The molecule has 0 N–H and O–H groups in total. The van der Waals surface area contributed by atoms with Crippen molar-refractivity contribution in [2.45, 2.75) is 0 Å². The molecule has 0 aliphatic carbocycles. The van der Waals surface area contributed by atoms with Crippen molar-refractivity contribution in [1.82, 2.24) is 0 Å². The Bertz CT molecular complexity index is 1010. The largest absolute Gasteiger partial charge is 0.457 e. The number of hydrogen-bond acceptors (Lipinski definition) is 1. The lowest BCUT2D eigenvalue weighted by Gasteiger charge is -2.13. The quantitative estimate of drug-likeness (QED) is 0.368. The van der Waals surface area contributed by atoms with Gasteiger partial charge in [0.1, 0.15) is 11.5 Å². The molecule has 0 atom stereocenters. The Labute approximate surface area is 158 Å². The number of para-hydroxylation sites is 1. The topological polar surface area (TPSA) is 9.23 Å². The highest BCUT2D eigenvalue weighted by Crippen LogP contribution is 2.38. The third-order valence-corrected chi connectivity index (χ3v) is 4.51. The van der Waals surface area contributed by atoms with Gasteiger partial charge in [-0.05, 0) is 47.0 Å². The van der Waals surface area contributed by atoms with Gasteiger partial charge in [-0.2, -0.15) is 0 Å². The summed E-state index contributed by atoms with van der Waals surface area (Å²) in [6.45, 7) is 0. The fourth-order valence-corrected chi connectivity index (χ4v) is 3.30. The predicted molar refractivity (Wildman–Crippen MR) is 109 cm³/mol. The van der Waals surface area contributed by atoms with E-state index in [-0.39, 0.29) is 0 Å². The van der Waals surface area contributed by atoms with Crippen molar-refractivity contribution < 1.29 is 4.74 Å². The zero-order chi connectivity index (χ0) is 17.8. The summed E-state index contributed by atoms with van der Waals surface area (Å²) in [6.07, 6.45) is 0. The van der Waals surface area contributed by atoms with Crippen LogP contribution in [0.3, 0.4) is 0 Å². The average molecular weight is 357 g/mol. The van der Waals surface area contributed by atoms with Crippen molar-refractivity contribution in [3.8, 4) is 33.8 Å². The number of hydrogen-bond donors (Lipinski definition) is 0. The molecule has 4 aromatic rings. The molecular formula is C24H17ClO. The molecule has 4 rings (SSSR count). The first-order valence-electron chi connectivity index (χ1n) is 8.48. The Morgan fingerprint density at radius 2 is 1.15 bits per heavy atom. The summed E-state index contributed by atoms with van der Waals surface area (Å²) < 4.78 is 5.98. The zero-order valence-corrected chi connectivity index (χ0v) is 14.9. The van der Waals surface area contributed by atoms with Gasteiger partial charge in [0.05, 0.1) is 0 Å². The van der Waals surface area contributed by atoms with E-state index >= 15 is 0 Å². The lowest BCUT2D eigenvalue weighted by Crippen LogP contribution is -1.88. The molecule has 0 heterocycles. The van der Waals surface area contributed by atoms with Gasteiger partial charge in [-0.15, -0.1) is 0 Å². The Hall–Kier alpha value is -3.03. The van der Waals surface area contributed by atoms with E-state index in [0.717, 1.165) is 38.8 Å². The van der Waals surface area contributed by atoms with Crippen molar-refractivity contribution in [3.63, 3.8) is 0 Å². The predicted octanol–water partition coefficient (Wildman–Crippen LogP) is 7.47. The molecule has 0 radical (unpaired) electrons. The van der Waals surface area contributed by atoms with Crippen LogP contribution in [-0.4, -0.2) is 0 Å². The van der Waals surface area contributed by atoms with Crippen LogP contribution in [0, 0.1) is 0 Å². The molecular weight excluding hydrogens is 340 g/mol. The zero-order valence-electron chi connectivity index (χ0n) is 14.1. The van der Waals surface area contributed by atoms with E-state index in [9.17, 15) is 0 Å². The van der Waals surface area contributed by atoms with Crippen molar-refractivity contribution in [2.24, 2.45) is 0 Å². The van der Waals surface area contributed by atoms with Crippen LogP contribution < -0.4 is 4.74 Å². The molecule has 2 heteroatoms. The summed E-state index contributed by atoms with van der Waals surface area (Å²) in [7, 11) is 0. The number of ether oxygens (including phenoxy) is 1. The van der Waals surface area contributed by atoms with Crippen molar-refractivity contribution in [3.05, 3.63) is 108 Å². The van der Waals surface area contributed by atoms with Gasteiger partial charge in [-0.3, -0.25) is 0 Å². The van der Waals surface area contributed by atoms with Crippen LogP contribution in [0.25, 0.3) is 22.3 Å². The maximum Gasteiger partial charge on any atom is 0.128 e. The minimum atomic E-state index is 0.739. The lowest BCUT2D eigenvalue weighted by molar-refractivity contribution is 0.483. The fourth-order valence-electron chi connectivity index (χ4n) is 3.01. The Kier molecular flexibility index (Phi) is 4.72. The maximum absolute atomic E-state index is 6.55. The molecule has 0 bridgehead atoms. The summed E-state index contributed by atoms with van der Waals surface area (Å²) in [5.41, 5.74) is 4.29. The van der Waals surface area contributed by atoms with Crippen LogP contribution in [-0.2, 0) is 0 Å². The SMILES string of the molecule is Clc1cccc(-c2cccc(Oc3ccccc3)c2)c1-c1ccccc1. The highest BCUT2D eigenvalue weighted by atomic mass is 35.5. The lowest BCUT2D eigenvalue weighted by atomic mass is 9.94. The average Bonchev–Trinajstić information content (AvgIpc) is 2.69. The summed E-state index contributed by atoms with van der Waals surface area (Å²) in [6, 6.07) is 34.1. The molecule has 0 aromatic heterocycles. The third kappa shape index (κ3) is 3.49.